The Balaban J connectivity index is 1.35. The fraction of sp³-hybridized carbons (Fsp3) is 0.560. The highest BCUT2D eigenvalue weighted by Gasteiger charge is 2.41. The van der Waals surface area contributed by atoms with Gasteiger partial charge in [-0.2, -0.15) is 13.2 Å². The van der Waals surface area contributed by atoms with E-state index in [0.29, 0.717) is 43.7 Å². The molecule has 3 heterocycles. The number of hydrogen-bond acceptors (Lipinski definition) is 7. The van der Waals surface area contributed by atoms with E-state index >= 15 is 0 Å². The summed E-state index contributed by atoms with van der Waals surface area (Å²) in [5, 5.41) is 12.5. The third kappa shape index (κ3) is 6.47. The van der Waals surface area contributed by atoms with Gasteiger partial charge >= 0.3 is 6.18 Å². The summed E-state index contributed by atoms with van der Waals surface area (Å²) in [6, 6.07) is 3.78. The number of amides is 1. The molecule has 12 heteroatoms. The first kappa shape index (κ1) is 27.5. The number of aliphatic hydroxyl groups is 1. The molecule has 4 rings (SSSR count). The number of sulfone groups is 1. The number of nitrogens with one attached hydrogen (secondary N) is 1. The van der Waals surface area contributed by atoms with Crippen LogP contribution in [0.25, 0.3) is 0 Å². The molecule has 1 aliphatic carbocycles. The maximum Gasteiger partial charge on any atom is 0.391 e. The van der Waals surface area contributed by atoms with Gasteiger partial charge in [0.15, 0.2) is 9.84 Å². The van der Waals surface area contributed by atoms with E-state index < -0.39 is 40.5 Å². The van der Waals surface area contributed by atoms with Crippen molar-refractivity contribution in [3.63, 3.8) is 0 Å². The Labute approximate surface area is 214 Å². The van der Waals surface area contributed by atoms with Crippen molar-refractivity contribution in [1.29, 1.82) is 0 Å². The molecule has 0 unspecified atom stereocenters. The number of carbonyl (C=O) groups excluding carboxylic acids is 1. The number of fused-ring (bicyclic) bond motifs is 1. The lowest BCUT2D eigenvalue weighted by molar-refractivity contribution is -0.184. The van der Waals surface area contributed by atoms with Gasteiger partial charge in [-0.3, -0.25) is 19.7 Å². The van der Waals surface area contributed by atoms with Crippen molar-refractivity contribution in [1.82, 2.24) is 20.2 Å². The molecule has 202 valence electrons. The zero-order chi connectivity index (χ0) is 26.8. The van der Waals surface area contributed by atoms with E-state index in [1.807, 2.05) is 0 Å². The van der Waals surface area contributed by atoms with Gasteiger partial charge in [0.25, 0.3) is 5.91 Å². The molecule has 8 nitrogen and oxygen atoms in total. The van der Waals surface area contributed by atoms with Crippen LogP contribution in [0.5, 0.6) is 0 Å². The number of hydrogen-bond donors (Lipinski definition) is 2. The van der Waals surface area contributed by atoms with E-state index in [4.69, 9.17) is 0 Å². The molecule has 0 spiro atoms. The molecule has 0 bridgehead atoms. The Morgan fingerprint density at radius 2 is 1.89 bits per heavy atom. The smallest absolute Gasteiger partial charge is 0.391 e. The maximum absolute atomic E-state index is 12.9. The lowest BCUT2D eigenvalue weighted by Crippen LogP contribution is -2.32. The van der Waals surface area contributed by atoms with Crippen molar-refractivity contribution >= 4 is 15.7 Å². The minimum atomic E-state index is -4.11. The topological polar surface area (TPSA) is 112 Å². The standard InChI is InChI=1S/C25H31F3N4O4S/c1-2-37(35,36)20-7-8-21(30-11-20)23(15-33)31-24(34)17-9-18-13-32(14-22(18)29-10-17)12-16-3-5-19(6-4-16)25(26,27)28/h7-11,16,19,23,33H,2-6,12-15H2,1H3,(H,31,34)/t16-,19+,23-/m1/s1. The predicted octanol–water partition coefficient (Wildman–Crippen LogP) is 3.42. The van der Waals surface area contributed by atoms with Crippen LogP contribution in [0.15, 0.2) is 35.5 Å². The first-order valence-electron chi connectivity index (χ1n) is 12.4. The molecule has 1 fully saturated rings. The molecule has 0 aromatic carbocycles. The van der Waals surface area contributed by atoms with Crippen LogP contribution in [0.3, 0.4) is 0 Å². The fourth-order valence-corrected chi connectivity index (χ4v) is 5.84. The molecule has 1 saturated carbocycles. The highest BCUT2D eigenvalue weighted by Crippen LogP contribution is 2.40. The first-order chi connectivity index (χ1) is 17.5. The Morgan fingerprint density at radius 1 is 1.16 bits per heavy atom. The third-order valence-electron chi connectivity index (χ3n) is 7.26. The van der Waals surface area contributed by atoms with Gasteiger partial charge in [0.1, 0.15) is 0 Å². The second-order valence-electron chi connectivity index (χ2n) is 9.79. The van der Waals surface area contributed by atoms with Crippen molar-refractivity contribution in [2.24, 2.45) is 11.8 Å². The van der Waals surface area contributed by atoms with E-state index in [-0.39, 0.29) is 29.4 Å². The van der Waals surface area contributed by atoms with Crippen LogP contribution in [-0.2, 0) is 22.9 Å². The minimum Gasteiger partial charge on any atom is -0.394 e. The molecule has 0 saturated heterocycles. The minimum absolute atomic E-state index is 0.0594. The van der Waals surface area contributed by atoms with Crippen molar-refractivity contribution in [3.8, 4) is 0 Å². The van der Waals surface area contributed by atoms with Gasteiger partial charge in [0, 0.05) is 32.0 Å². The summed E-state index contributed by atoms with van der Waals surface area (Å²) in [6.07, 6.45) is 0.0281. The van der Waals surface area contributed by atoms with Crippen molar-refractivity contribution in [3.05, 3.63) is 53.1 Å². The highest BCUT2D eigenvalue weighted by atomic mass is 32.2. The van der Waals surface area contributed by atoms with Gasteiger partial charge in [-0.1, -0.05) is 6.92 Å². The number of alkyl halides is 3. The molecular formula is C25H31F3N4O4S. The summed E-state index contributed by atoms with van der Waals surface area (Å²) in [7, 11) is -3.41. The van der Waals surface area contributed by atoms with Crippen LogP contribution in [0.4, 0.5) is 13.2 Å². The summed E-state index contributed by atoms with van der Waals surface area (Å²) in [4.78, 5) is 23.6. The molecule has 1 aliphatic heterocycles. The second kappa shape index (κ2) is 11.0. The van der Waals surface area contributed by atoms with Crippen LogP contribution in [-0.4, -0.2) is 59.4 Å². The first-order valence-corrected chi connectivity index (χ1v) is 14.0. The predicted molar refractivity (Wildman–Crippen MR) is 129 cm³/mol. The molecular weight excluding hydrogens is 509 g/mol. The molecule has 0 radical (unpaired) electrons. The summed E-state index contributed by atoms with van der Waals surface area (Å²) >= 11 is 0. The van der Waals surface area contributed by atoms with Crippen molar-refractivity contribution in [2.75, 3.05) is 18.9 Å². The Morgan fingerprint density at radius 3 is 2.49 bits per heavy atom. The SMILES string of the molecule is CCS(=O)(=O)c1ccc([C@@H](CO)NC(=O)c2cnc3c(c2)CN(C[C@H]2CC[C@@H](C(F)(F)F)CC2)C3)nc1. The van der Waals surface area contributed by atoms with Crippen molar-refractivity contribution in [2.45, 2.75) is 62.8 Å². The molecule has 37 heavy (non-hydrogen) atoms. The molecule has 1 amide bonds. The number of rotatable bonds is 8. The molecule has 2 aromatic heterocycles. The van der Waals surface area contributed by atoms with Gasteiger partial charge in [0.2, 0.25) is 0 Å². The van der Waals surface area contributed by atoms with Crippen LogP contribution < -0.4 is 5.32 Å². The molecule has 2 aromatic rings. The lowest BCUT2D eigenvalue weighted by Gasteiger charge is -2.32. The zero-order valence-electron chi connectivity index (χ0n) is 20.5. The average molecular weight is 541 g/mol. The normalized spacial score (nSPS) is 21.4. The zero-order valence-corrected chi connectivity index (χ0v) is 21.4. The molecule has 2 N–H and O–H groups in total. The lowest BCUT2D eigenvalue weighted by atomic mass is 9.81. The molecule has 1 atom stereocenters. The van der Waals surface area contributed by atoms with Crippen molar-refractivity contribution < 1.29 is 31.5 Å². The van der Waals surface area contributed by atoms with Crippen LogP contribution in [0.2, 0.25) is 0 Å². The number of pyridine rings is 2. The number of nitrogens with zero attached hydrogens (tertiary/aromatic N) is 3. The van der Waals surface area contributed by atoms with E-state index in [1.165, 1.54) is 31.5 Å². The van der Waals surface area contributed by atoms with Gasteiger partial charge in [-0.25, -0.2) is 8.42 Å². The van der Waals surface area contributed by atoms with Gasteiger partial charge in [0.05, 0.1) is 46.2 Å². The van der Waals surface area contributed by atoms with E-state index in [0.717, 1.165) is 11.3 Å². The Bertz CT molecular complexity index is 1210. The summed E-state index contributed by atoms with van der Waals surface area (Å²) in [6.45, 7) is 2.96. The van der Waals surface area contributed by atoms with Crippen LogP contribution in [0.1, 0.15) is 66.0 Å². The quantitative estimate of drug-likeness (QED) is 0.528. The van der Waals surface area contributed by atoms with E-state index in [2.05, 4.69) is 20.2 Å². The van der Waals surface area contributed by atoms with E-state index in [9.17, 15) is 31.5 Å². The highest BCUT2D eigenvalue weighted by molar-refractivity contribution is 7.91. The monoisotopic (exact) mass is 540 g/mol. The summed E-state index contributed by atoms with van der Waals surface area (Å²) in [5.41, 5.74) is 2.37. The van der Waals surface area contributed by atoms with Gasteiger partial charge in [-0.05, 0) is 55.4 Å². The van der Waals surface area contributed by atoms with Gasteiger partial charge in [-0.15, -0.1) is 0 Å². The van der Waals surface area contributed by atoms with Gasteiger partial charge < -0.3 is 10.4 Å². The number of carbonyl (C=O) groups is 1. The number of aromatic nitrogens is 2. The Kier molecular flexibility index (Phi) is 8.20. The van der Waals surface area contributed by atoms with Crippen LogP contribution in [0, 0.1) is 11.8 Å². The Hall–Kier alpha value is -2.57. The largest absolute Gasteiger partial charge is 0.394 e. The second-order valence-corrected chi connectivity index (χ2v) is 12.1. The van der Waals surface area contributed by atoms with E-state index in [1.54, 1.807) is 6.07 Å². The van der Waals surface area contributed by atoms with Crippen LogP contribution >= 0.6 is 0 Å². The third-order valence-corrected chi connectivity index (χ3v) is 8.98. The maximum atomic E-state index is 12.9. The number of aliphatic hydroxyl groups excluding tert-OH is 1. The fourth-order valence-electron chi connectivity index (χ4n) is 5.02. The molecule has 2 aliphatic rings. The average Bonchev–Trinajstić information content (AvgIpc) is 3.28. The summed E-state index contributed by atoms with van der Waals surface area (Å²) < 4.78 is 62.8. The summed E-state index contributed by atoms with van der Waals surface area (Å²) in [5.74, 6) is -1.49. The number of halogens is 3.